The first-order chi connectivity index (χ1) is 10.7. The predicted molar refractivity (Wildman–Crippen MR) is 91.3 cm³/mol. The summed E-state index contributed by atoms with van der Waals surface area (Å²) in [6.45, 7) is 2.69. The van der Waals surface area contributed by atoms with Gasteiger partial charge in [0.15, 0.2) is 11.5 Å². The van der Waals surface area contributed by atoms with Crippen LogP contribution < -0.4 is 24.8 Å². The Morgan fingerprint density at radius 3 is 2.35 bits per heavy atom. The smallest absolute Gasteiger partial charge is 0.251 e. The Bertz CT molecular complexity index is 494. The van der Waals surface area contributed by atoms with E-state index in [1.54, 1.807) is 12.1 Å². The number of halogens is 1. The summed E-state index contributed by atoms with van der Waals surface area (Å²) in [5.41, 5.74) is 0.498. The number of carbonyl (C=O) groups is 1. The maximum atomic E-state index is 12.3. The molecule has 1 atom stereocenters. The van der Waals surface area contributed by atoms with Crippen LogP contribution in [0.5, 0.6) is 17.2 Å². The predicted octanol–water partition coefficient (Wildman–Crippen LogP) is 1.86. The summed E-state index contributed by atoms with van der Waals surface area (Å²) in [7, 11) is 4.61. The molecule has 1 saturated heterocycles. The molecule has 0 spiro atoms. The highest BCUT2D eigenvalue weighted by Crippen LogP contribution is 2.38. The lowest BCUT2D eigenvalue weighted by atomic mass is 9.99. The summed E-state index contributed by atoms with van der Waals surface area (Å²) in [6, 6.07) is 3.33. The van der Waals surface area contributed by atoms with Gasteiger partial charge in [-0.1, -0.05) is 0 Å². The minimum atomic E-state index is -0.134. The maximum absolute atomic E-state index is 12.3. The number of rotatable bonds is 6. The van der Waals surface area contributed by atoms with Gasteiger partial charge in [-0.05, 0) is 44.0 Å². The molecule has 1 aromatic carbocycles. The fraction of sp³-hybridized carbons (Fsp3) is 0.562. The number of amides is 1. The normalized spacial score (nSPS) is 16.9. The summed E-state index contributed by atoms with van der Waals surface area (Å²) in [5, 5.41) is 6.32. The minimum Gasteiger partial charge on any atom is -0.493 e. The van der Waals surface area contributed by atoms with Crippen LogP contribution in [0, 0.1) is 5.92 Å². The zero-order chi connectivity index (χ0) is 15.9. The summed E-state index contributed by atoms with van der Waals surface area (Å²) in [6.07, 6.45) is 2.30. The van der Waals surface area contributed by atoms with Crippen molar-refractivity contribution in [3.63, 3.8) is 0 Å². The second-order valence-electron chi connectivity index (χ2n) is 5.34. The zero-order valence-electron chi connectivity index (χ0n) is 13.8. The van der Waals surface area contributed by atoms with Crippen LogP contribution in [0.2, 0.25) is 0 Å². The van der Waals surface area contributed by atoms with Crippen molar-refractivity contribution in [1.82, 2.24) is 10.6 Å². The second-order valence-corrected chi connectivity index (χ2v) is 5.34. The third-order valence-electron chi connectivity index (χ3n) is 3.88. The van der Waals surface area contributed by atoms with Gasteiger partial charge in [0, 0.05) is 12.1 Å². The number of ether oxygens (including phenoxy) is 3. The lowest BCUT2D eigenvalue weighted by Crippen LogP contribution is -2.38. The fourth-order valence-electron chi connectivity index (χ4n) is 2.65. The Morgan fingerprint density at radius 1 is 1.22 bits per heavy atom. The molecular weight excluding hydrogens is 320 g/mol. The summed E-state index contributed by atoms with van der Waals surface area (Å²) >= 11 is 0. The van der Waals surface area contributed by atoms with Gasteiger partial charge < -0.3 is 24.8 Å². The standard InChI is InChI=1S/C16H24N2O4.ClH/c1-20-13-7-12(8-14(21-2)15(13)22-3)16(19)18-10-11-5-4-6-17-9-11;/h7-8,11,17H,4-6,9-10H2,1-3H3,(H,18,19);1H. The average Bonchev–Trinajstić information content (AvgIpc) is 2.59. The highest BCUT2D eigenvalue weighted by molar-refractivity contribution is 5.95. The Kier molecular flexibility index (Phi) is 7.98. The summed E-state index contributed by atoms with van der Waals surface area (Å²) in [4.78, 5) is 12.3. The Morgan fingerprint density at radius 2 is 1.87 bits per heavy atom. The van der Waals surface area contributed by atoms with Crippen LogP contribution in [0.3, 0.4) is 0 Å². The van der Waals surface area contributed by atoms with Crippen LogP contribution in [0.1, 0.15) is 23.2 Å². The molecule has 2 N–H and O–H groups in total. The van der Waals surface area contributed by atoms with Gasteiger partial charge >= 0.3 is 0 Å². The van der Waals surface area contributed by atoms with Crippen molar-refractivity contribution in [3.8, 4) is 17.2 Å². The van der Waals surface area contributed by atoms with Gasteiger partial charge in [0.1, 0.15) is 0 Å². The number of methoxy groups -OCH3 is 3. The van der Waals surface area contributed by atoms with Crippen molar-refractivity contribution in [1.29, 1.82) is 0 Å². The molecule has 7 heteroatoms. The van der Waals surface area contributed by atoms with E-state index in [1.807, 2.05) is 0 Å². The van der Waals surface area contributed by atoms with Gasteiger partial charge in [0.2, 0.25) is 5.75 Å². The lowest BCUT2D eigenvalue weighted by molar-refractivity contribution is 0.0944. The number of hydrogen-bond donors (Lipinski definition) is 2. The third kappa shape index (κ3) is 4.91. The van der Waals surface area contributed by atoms with Crippen LogP contribution >= 0.6 is 12.4 Å². The fourth-order valence-corrected chi connectivity index (χ4v) is 2.65. The number of piperidine rings is 1. The molecule has 1 unspecified atom stereocenters. The van der Waals surface area contributed by atoms with E-state index in [2.05, 4.69) is 10.6 Å². The molecule has 1 aliphatic heterocycles. The van der Waals surface area contributed by atoms with Gasteiger partial charge in [-0.15, -0.1) is 12.4 Å². The lowest BCUT2D eigenvalue weighted by Gasteiger charge is -2.23. The number of nitrogens with one attached hydrogen (secondary N) is 2. The summed E-state index contributed by atoms with van der Waals surface area (Å²) in [5.74, 6) is 1.79. The molecule has 1 fully saturated rings. The van der Waals surface area contributed by atoms with Crippen LogP contribution in [-0.4, -0.2) is 46.9 Å². The van der Waals surface area contributed by atoms with Gasteiger partial charge in [0.25, 0.3) is 5.91 Å². The van der Waals surface area contributed by atoms with E-state index >= 15 is 0 Å². The molecule has 0 bridgehead atoms. The van der Waals surface area contributed by atoms with E-state index in [0.717, 1.165) is 25.9 Å². The molecule has 130 valence electrons. The van der Waals surface area contributed by atoms with Crippen molar-refractivity contribution >= 4 is 18.3 Å². The van der Waals surface area contributed by atoms with E-state index in [-0.39, 0.29) is 18.3 Å². The zero-order valence-corrected chi connectivity index (χ0v) is 14.6. The van der Waals surface area contributed by atoms with Crippen molar-refractivity contribution in [2.45, 2.75) is 12.8 Å². The molecule has 1 aliphatic rings. The van der Waals surface area contributed by atoms with Crippen LogP contribution in [-0.2, 0) is 0 Å². The van der Waals surface area contributed by atoms with E-state index < -0.39 is 0 Å². The molecule has 1 aromatic rings. The average molecular weight is 345 g/mol. The molecule has 1 amide bonds. The van der Waals surface area contributed by atoms with Crippen molar-refractivity contribution in [2.75, 3.05) is 41.0 Å². The van der Waals surface area contributed by atoms with Crippen molar-refractivity contribution in [3.05, 3.63) is 17.7 Å². The van der Waals surface area contributed by atoms with Gasteiger partial charge in [-0.2, -0.15) is 0 Å². The second kappa shape index (κ2) is 9.47. The van der Waals surface area contributed by atoms with Crippen molar-refractivity contribution in [2.24, 2.45) is 5.92 Å². The largest absolute Gasteiger partial charge is 0.493 e. The van der Waals surface area contributed by atoms with Crippen LogP contribution in [0.25, 0.3) is 0 Å². The molecule has 0 radical (unpaired) electrons. The topological polar surface area (TPSA) is 68.8 Å². The van der Waals surface area contributed by atoms with Gasteiger partial charge in [-0.3, -0.25) is 4.79 Å². The number of hydrogen-bond acceptors (Lipinski definition) is 5. The van der Waals surface area contributed by atoms with E-state index in [9.17, 15) is 4.79 Å². The molecule has 23 heavy (non-hydrogen) atoms. The van der Waals surface area contributed by atoms with Crippen molar-refractivity contribution < 1.29 is 19.0 Å². The summed E-state index contributed by atoms with van der Waals surface area (Å²) < 4.78 is 15.8. The highest BCUT2D eigenvalue weighted by Gasteiger charge is 2.18. The Hall–Kier alpha value is -1.66. The molecule has 6 nitrogen and oxygen atoms in total. The monoisotopic (exact) mass is 344 g/mol. The molecule has 0 aromatic heterocycles. The first-order valence-corrected chi connectivity index (χ1v) is 7.48. The minimum absolute atomic E-state index is 0. The molecule has 0 saturated carbocycles. The molecule has 2 rings (SSSR count). The first kappa shape index (κ1) is 19.4. The quantitative estimate of drug-likeness (QED) is 0.824. The molecule has 0 aliphatic carbocycles. The van der Waals surface area contributed by atoms with Gasteiger partial charge in [0.05, 0.1) is 21.3 Å². The number of benzene rings is 1. The van der Waals surface area contributed by atoms with Crippen LogP contribution in [0.15, 0.2) is 12.1 Å². The van der Waals surface area contributed by atoms with E-state index in [0.29, 0.717) is 35.3 Å². The van der Waals surface area contributed by atoms with E-state index in [4.69, 9.17) is 14.2 Å². The number of carbonyl (C=O) groups excluding carboxylic acids is 1. The van der Waals surface area contributed by atoms with Gasteiger partial charge in [-0.25, -0.2) is 0 Å². The highest BCUT2D eigenvalue weighted by atomic mass is 35.5. The maximum Gasteiger partial charge on any atom is 0.251 e. The Balaban J connectivity index is 0.00000264. The third-order valence-corrected chi connectivity index (χ3v) is 3.88. The first-order valence-electron chi connectivity index (χ1n) is 7.48. The molecule has 1 heterocycles. The van der Waals surface area contributed by atoms with Crippen LogP contribution in [0.4, 0.5) is 0 Å². The Labute approximate surface area is 143 Å². The molecular formula is C16H25ClN2O4. The van der Waals surface area contributed by atoms with E-state index in [1.165, 1.54) is 21.3 Å². The SMILES string of the molecule is COc1cc(C(=O)NCC2CCCNC2)cc(OC)c1OC.Cl.